The van der Waals surface area contributed by atoms with Gasteiger partial charge in [0.25, 0.3) is 0 Å². The Morgan fingerprint density at radius 1 is 1.53 bits per heavy atom. The second kappa shape index (κ2) is 5.88. The van der Waals surface area contributed by atoms with Gasteiger partial charge in [-0.3, -0.25) is 4.79 Å². The number of ether oxygens (including phenoxy) is 2. The Morgan fingerprint density at radius 3 is 2.47 bits per heavy atom. The van der Waals surface area contributed by atoms with Crippen LogP contribution in [0.15, 0.2) is 12.7 Å². The zero-order valence-electron chi connectivity index (χ0n) is 9.95. The van der Waals surface area contributed by atoms with Crippen molar-refractivity contribution < 1.29 is 14.3 Å². The molecule has 4 nitrogen and oxygen atoms in total. The average molecular weight is 215 g/mol. The highest BCUT2D eigenvalue weighted by atomic mass is 16.5. The minimum Gasteiger partial charge on any atom is -0.460 e. The van der Waals surface area contributed by atoms with Crippen molar-refractivity contribution in [2.24, 2.45) is 5.73 Å². The molecular formula is C11H21NO3. The second-order valence-corrected chi connectivity index (χ2v) is 4.38. The van der Waals surface area contributed by atoms with Crippen molar-refractivity contribution in [3.63, 3.8) is 0 Å². The molecule has 0 radical (unpaired) electrons. The Labute approximate surface area is 91.4 Å². The maximum atomic E-state index is 11.4. The van der Waals surface area contributed by atoms with Crippen LogP contribution in [0.5, 0.6) is 0 Å². The van der Waals surface area contributed by atoms with Gasteiger partial charge in [0.2, 0.25) is 0 Å². The highest BCUT2D eigenvalue weighted by molar-refractivity contribution is 5.76. The fourth-order valence-electron chi connectivity index (χ4n) is 1.06. The predicted molar refractivity (Wildman–Crippen MR) is 59.4 cm³/mol. The third kappa shape index (κ3) is 6.25. The number of carbonyl (C=O) groups excluding carboxylic acids is 1. The fourth-order valence-corrected chi connectivity index (χ4v) is 1.06. The highest BCUT2D eigenvalue weighted by Gasteiger charge is 2.26. The summed E-state index contributed by atoms with van der Waals surface area (Å²) in [6, 6.07) is -0.760. The number of hydrogen-bond acceptors (Lipinski definition) is 4. The first-order chi connectivity index (χ1) is 6.78. The molecule has 4 heteroatoms. The quantitative estimate of drug-likeness (QED) is 0.554. The number of nitrogens with two attached hydrogens (primary N) is 1. The van der Waals surface area contributed by atoms with Crippen LogP contribution in [0.2, 0.25) is 0 Å². The van der Waals surface area contributed by atoms with Gasteiger partial charge >= 0.3 is 5.97 Å². The van der Waals surface area contributed by atoms with Gasteiger partial charge < -0.3 is 15.2 Å². The molecule has 0 spiro atoms. The van der Waals surface area contributed by atoms with Crippen molar-refractivity contribution in [1.29, 1.82) is 0 Å². The highest BCUT2D eigenvalue weighted by Crippen LogP contribution is 2.12. The van der Waals surface area contributed by atoms with Crippen LogP contribution in [0.1, 0.15) is 27.7 Å². The van der Waals surface area contributed by atoms with E-state index in [-0.39, 0.29) is 18.3 Å². The van der Waals surface area contributed by atoms with Gasteiger partial charge in [-0.05, 0) is 27.7 Å². The molecule has 2 atom stereocenters. The van der Waals surface area contributed by atoms with Crippen LogP contribution in [0.3, 0.4) is 0 Å². The monoisotopic (exact) mass is 215 g/mol. The first-order valence-corrected chi connectivity index (χ1v) is 4.99. The van der Waals surface area contributed by atoms with Gasteiger partial charge in [0.05, 0.1) is 11.7 Å². The lowest BCUT2D eigenvalue weighted by molar-refractivity contribution is -0.150. The molecule has 0 rings (SSSR count). The molecule has 0 amide bonds. The van der Waals surface area contributed by atoms with Crippen LogP contribution in [0, 0.1) is 0 Å². The van der Waals surface area contributed by atoms with Crippen LogP contribution in [-0.2, 0) is 14.3 Å². The molecule has 88 valence electrons. The average Bonchev–Trinajstić information content (AvgIpc) is 2.10. The van der Waals surface area contributed by atoms with Crippen LogP contribution < -0.4 is 5.73 Å². The van der Waals surface area contributed by atoms with Crippen molar-refractivity contribution in [3.8, 4) is 0 Å². The summed E-state index contributed by atoms with van der Waals surface area (Å²) in [6.07, 6.45) is 1.13. The van der Waals surface area contributed by atoms with Crippen molar-refractivity contribution in [2.75, 3.05) is 6.61 Å². The minimum absolute atomic E-state index is 0.175. The maximum Gasteiger partial charge on any atom is 0.325 e. The Morgan fingerprint density at radius 2 is 2.07 bits per heavy atom. The predicted octanol–water partition coefficient (Wildman–Crippen LogP) is 1.25. The van der Waals surface area contributed by atoms with Crippen molar-refractivity contribution in [1.82, 2.24) is 0 Å². The lowest BCUT2D eigenvalue weighted by atomic mass is 10.1. The molecule has 0 saturated heterocycles. The normalized spacial score (nSPS) is 15.5. The second-order valence-electron chi connectivity index (χ2n) is 4.38. The van der Waals surface area contributed by atoms with Gasteiger partial charge in [-0.15, -0.1) is 0 Å². The smallest absolute Gasteiger partial charge is 0.325 e. The Bertz CT molecular complexity index is 220. The molecular weight excluding hydrogens is 194 g/mol. The van der Waals surface area contributed by atoms with Crippen molar-refractivity contribution in [2.45, 2.75) is 45.4 Å². The molecule has 0 bridgehead atoms. The lowest BCUT2D eigenvalue weighted by Gasteiger charge is -2.27. The van der Waals surface area contributed by atoms with E-state index in [2.05, 4.69) is 6.58 Å². The molecule has 0 unspecified atom stereocenters. The van der Waals surface area contributed by atoms with Crippen molar-refractivity contribution in [3.05, 3.63) is 12.7 Å². The molecule has 0 aliphatic carbocycles. The lowest BCUT2D eigenvalue weighted by Crippen LogP contribution is -2.45. The van der Waals surface area contributed by atoms with Crippen LogP contribution in [0.4, 0.5) is 0 Å². The number of esters is 1. The van der Waals surface area contributed by atoms with Crippen LogP contribution >= 0.6 is 0 Å². The molecule has 0 aliphatic rings. The molecule has 2 N–H and O–H groups in total. The molecule has 0 heterocycles. The third-order valence-electron chi connectivity index (χ3n) is 1.66. The van der Waals surface area contributed by atoms with E-state index >= 15 is 0 Å². The number of rotatable bonds is 5. The topological polar surface area (TPSA) is 61.5 Å². The minimum atomic E-state index is -0.760. The van der Waals surface area contributed by atoms with Gasteiger partial charge in [0, 0.05) is 0 Å². The van der Waals surface area contributed by atoms with E-state index in [1.54, 1.807) is 6.92 Å². The summed E-state index contributed by atoms with van der Waals surface area (Å²) < 4.78 is 10.4. The molecule has 15 heavy (non-hydrogen) atoms. The number of carbonyl (C=O) groups is 1. The SMILES string of the molecule is C=CCOC(=O)[C@H](N)[C@@H](C)OC(C)(C)C. The Hall–Kier alpha value is -0.870. The maximum absolute atomic E-state index is 11.4. The first kappa shape index (κ1) is 14.1. The van der Waals surface area contributed by atoms with Gasteiger partial charge in [0.15, 0.2) is 0 Å². The standard InChI is InChI=1S/C11H21NO3/c1-6-7-14-10(13)9(12)8(2)15-11(3,4)5/h6,8-9H,1,7,12H2,2-5H3/t8-,9-/m1/s1. The Balaban J connectivity index is 4.13. The van der Waals surface area contributed by atoms with E-state index < -0.39 is 12.0 Å². The number of hydrogen-bond donors (Lipinski definition) is 1. The summed E-state index contributed by atoms with van der Waals surface area (Å²) in [5, 5.41) is 0. The van der Waals surface area contributed by atoms with Gasteiger partial charge in [-0.1, -0.05) is 12.7 Å². The van der Waals surface area contributed by atoms with E-state index in [1.165, 1.54) is 6.08 Å². The first-order valence-electron chi connectivity index (χ1n) is 4.99. The van der Waals surface area contributed by atoms with Gasteiger partial charge in [-0.2, -0.15) is 0 Å². The van der Waals surface area contributed by atoms with E-state index in [9.17, 15) is 4.79 Å². The fraction of sp³-hybridized carbons (Fsp3) is 0.727. The zero-order chi connectivity index (χ0) is 12.1. The molecule has 0 aromatic rings. The van der Waals surface area contributed by atoms with Crippen LogP contribution in [0.25, 0.3) is 0 Å². The summed E-state index contributed by atoms with van der Waals surface area (Å²) in [5.41, 5.74) is 5.35. The largest absolute Gasteiger partial charge is 0.460 e. The summed E-state index contributed by atoms with van der Waals surface area (Å²) in [5.74, 6) is -0.466. The molecule has 0 aromatic carbocycles. The molecule has 0 saturated carbocycles. The van der Waals surface area contributed by atoms with E-state index in [1.807, 2.05) is 20.8 Å². The summed E-state index contributed by atoms with van der Waals surface area (Å²) in [4.78, 5) is 11.4. The molecule has 0 fully saturated rings. The molecule has 0 aromatic heterocycles. The Kier molecular flexibility index (Phi) is 5.54. The third-order valence-corrected chi connectivity index (χ3v) is 1.66. The summed E-state index contributed by atoms with van der Waals surface area (Å²) in [7, 11) is 0. The summed E-state index contributed by atoms with van der Waals surface area (Å²) in [6.45, 7) is 11.1. The summed E-state index contributed by atoms with van der Waals surface area (Å²) >= 11 is 0. The van der Waals surface area contributed by atoms with Gasteiger partial charge in [0.1, 0.15) is 12.6 Å². The van der Waals surface area contributed by atoms with E-state index in [4.69, 9.17) is 15.2 Å². The van der Waals surface area contributed by atoms with Gasteiger partial charge in [-0.25, -0.2) is 0 Å². The van der Waals surface area contributed by atoms with Crippen molar-refractivity contribution >= 4 is 5.97 Å². The van der Waals surface area contributed by atoms with E-state index in [0.29, 0.717) is 0 Å². The van der Waals surface area contributed by atoms with Crippen LogP contribution in [-0.4, -0.2) is 30.3 Å². The van der Waals surface area contributed by atoms with E-state index in [0.717, 1.165) is 0 Å². The zero-order valence-corrected chi connectivity index (χ0v) is 9.95. The molecule has 0 aliphatic heterocycles.